The smallest absolute Gasteiger partial charge is 0.252 e. The summed E-state index contributed by atoms with van der Waals surface area (Å²) in [5.74, 6) is 0.580. The maximum atomic E-state index is 13.1. The number of carbonyl (C=O) groups is 1. The number of amides is 1. The highest BCUT2D eigenvalue weighted by atomic mass is 32.2. The molecule has 0 bridgehead atoms. The molecule has 158 valence electrons. The molecule has 1 atom stereocenters. The molecule has 9 nitrogen and oxygen atoms in total. The summed E-state index contributed by atoms with van der Waals surface area (Å²) in [6.07, 6.45) is 1.24. The van der Waals surface area contributed by atoms with Crippen LogP contribution >= 0.6 is 11.3 Å². The Morgan fingerprint density at radius 2 is 2.13 bits per heavy atom. The summed E-state index contributed by atoms with van der Waals surface area (Å²) in [7, 11) is -3.72. The first-order valence-corrected chi connectivity index (χ1v) is 11.8. The van der Waals surface area contributed by atoms with Crippen molar-refractivity contribution in [2.24, 2.45) is 5.92 Å². The van der Waals surface area contributed by atoms with Crippen LogP contribution in [0, 0.1) is 19.8 Å². The minimum Gasteiger partial charge on any atom is -0.339 e. The molecule has 0 saturated carbocycles. The summed E-state index contributed by atoms with van der Waals surface area (Å²) in [5, 5.41) is 8.31. The first-order valence-electron chi connectivity index (χ1n) is 9.47. The molecule has 4 heterocycles. The van der Waals surface area contributed by atoms with Crippen LogP contribution in [-0.2, 0) is 14.8 Å². The van der Waals surface area contributed by atoms with Crippen molar-refractivity contribution in [3.8, 4) is 11.4 Å². The largest absolute Gasteiger partial charge is 0.339 e. The van der Waals surface area contributed by atoms with E-state index in [0.717, 1.165) is 17.0 Å². The molecule has 3 aromatic heterocycles. The van der Waals surface area contributed by atoms with Gasteiger partial charge in [0.2, 0.25) is 17.6 Å². The summed E-state index contributed by atoms with van der Waals surface area (Å²) < 4.78 is 32.8. The lowest BCUT2D eigenvalue weighted by atomic mass is 9.99. The van der Waals surface area contributed by atoms with Crippen LogP contribution in [0.25, 0.3) is 11.4 Å². The molecule has 1 N–H and O–H groups in total. The first kappa shape index (κ1) is 20.6. The van der Waals surface area contributed by atoms with Gasteiger partial charge >= 0.3 is 0 Å². The average molecular weight is 448 g/mol. The number of carbonyl (C=O) groups excluding carboxylic acids is 1. The molecule has 3 aromatic rings. The molecular weight excluding hydrogens is 426 g/mol. The van der Waals surface area contributed by atoms with Gasteiger partial charge in [-0.2, -0.15) is 9.29 Å². The number of anilines is 1. The normalized spacial score (nSPS) is 17.7. The van der Waals surface area contributed by atoms with E-state index in [4.69, 9.17) is 4.52 Å². The van der Waals surface area contributed by atoms with Crippen molar-refractivity contribution in [3.05, 3.63) is 41.2 Å². The Balaban J connectivity index is 1.48. The van der Waals surface area contributed by atoms with E-state index in [1.165, 1.54) is 4.31 Å². The Morgan fingerprint density at radius 1 is 1.30 bits per heavy atom. The lowest BCUT2D eigenvalue weighted by Crippen LogP contribution is -2.43. The maximum Gasteiger partial charge on any atom is 0.252 e. The Labute approximate surface area is 178 Å². The molecule has 1 saturated heterocycles. The fourth-order valence-electron chi connectivity index (χ4n) is 3.33. The van der Waals surface area contributed by atoms with E-state index < -0.39 is 15.9 Å². The number of rotatable bonds is 5. The monoisotopic (exact) mass is 447 g/mol. The van der Waals surface area contributed by atoms with Crippen molar-refractivity contribution in [1.29, 1.82) is 0 Å². The van der Waals surface area contributed by atoms with E-state index in [1.807, 2.05) is 19.1 Å². The van der Waals surface area contributed by atoms with E-state index in [1.54, 1.807) is 24.4 Å². The van der Waals surface area contributed by atoms with Gasteiger partial charge in [-0.25, -0.2) is 13.4 Å². The summed E-state index contributed by atoms with van der Waals surface area (Å²) in [4.78, 5) is 21.1. The molecule has 30 heavy (non-hydrogen) atoms. The lowest BCUT2D eigenvalue weighted by molar-refractivity contribution is -0.120. The number of nitrogens with one attached hydrogen (secondary N) is 1. The predicted octanol–water partition coefficient (Wildman–Crippen LogP) is 2.85. The third-order valence-electron chi connectivity index (χ3n) is 4.85. The number of sulfonamides is 1. The summed E-state index contributed by atoms with van der Waals surface area (Å²) in [6, 6.07) is 6.92. The lowest BCUT2D eigenvalue weighted by Gasteiger charge is -2.30. The molecule has 0 aliphatic carbocycles. The third-order valence-corrected chi connectivity index (χ3v) is 8.13. The van der Waals surface area contributed by atoms with Gasteiger partial charge in [0.15, 0.2) is 0 Å². The van der Waals surface area contributed by atoms with Crippen LogP contribution in [0.2, 0.25) is 0 Å². The number of thiophene rings is 1. The highest BCUT2D eigenvalue weighted by molar-refractivity contribution is 7.91. The van der Waals surface area contributed by atoms with Gasteiger partial charge in [-0.1, -0.05) is 11.2 Å². The van der Waals surface area contributed by atoms with Crippen LogP contribution in [0.1, 0.15) is 24.4 Å². The van der Waals surface area contributed by atoms with E-state index in [0.29, 0.717) is 42.5 Å². The highest BCUT2D eigenvalue weighted by Gasteiger charge is 2.34. The molecule has 1 fully saturated rings. The van der Waals surface area contributed by atoms with E-state index in [2.05, 4.69) is 20.4 Å². The Hall–Kier alpha value is -2.63. The summed E-state index contributed by atoms with van der Waals surface area (Å²) in [6.45, 7) is 4.03. The Bertz CT molecular complexity index is 1170. The Kier molecular flexibility index (Phi) is 5.67. The van der Waals surface area contributed by atoms with Crippen molar-refractivity contribution < 1.29 is 17.7 Å². The zero-order valence-corrected chi connectivity index (χ0v) is 18.2. The molecule has 0 radical (unpaired) electrons. The van der Waals surface area contributed by atoms with E-state index >= 15 is 0 Å². The number of aryl methyl sites for hydroxylation is 2. The van der Waals surface area contributed by atoms with Gasteiger partial charge < -0.3 is 9.84 Å². The van der Waals surface area contributed by atoms with Gasteiger partial charge in [0, 0.05) is 36.7 Å². The van der Waals surface area contributed by atoms with Crippen LogP contribution in [0.3, 0.4) is 0 Å². The van der Waals surface area contributed by atoms with Crippen molar-refractivity contribution in [3.63, 3.8) is 0 Å². The van der Waals surface area contributed by atoms with Gasteiger partial charge in [0.25, 0.3) is 10.0 Å². The zero-order valence-electron chi connectivity index (χ0n) is 16.5. The van der Waals surface area contributed by atoms with Crippen molar-refractivity contribution >= 4 is 33.1 Å². The van der Waals surface area contributed by atoms with Crippen molar-refractivity contribution in [1.82, 2.24) is 19.4 Å². The molecule has 4 rings (SSSR count). The molecule has 0 spiro atoms. The van der Waals surface area contributed by atoms with Gasteiger partial charge in [-0.3, -0.25) is 4.79 Å². The van der Waals surface area contributed by atoms with Gasteiger partial charge in [-0.05, 0) is 38.0 Å². The van der Waals surface area contributed by atoms with Crippen LogP contribution < -0.4 is 5.32 Å². The van der Waals surface area contributed by atoms with Gasteiger partial charge in [0.05, 0.1) is 5.92 Å². The molecule has 1 aliphatic rings. The number of aromatic nitrogens is 3. The van der Waals surface area contributed by atoms with Crippen LogP contribution in [-0.4, -0.2) is 46.8 Å². The third kappa shape index (κ3) is 4.27. The number of piperidine rings is 1. The number of hydrogen-bond donors (Lipinski definition) is 1. The minimum absolute atomic E-state index is 0.133. The summed E-state index contributed by atoms with van der Waals surface area (Å²) >= 11 is 1.11. The van der Waals surface area contributed by atoms with Crippen molar-refractivity contribution in [2.75, 3.05) is 18.4 Å². The molecule has 1 unspecified atom stereocenters. The minimum atomic E-state index is -3.72. The molecular formula is C19H21N5O4S2. The zero-order chi connectivity index (χ0) is 21.3. The van der Waals surface area contributed by atoms with Crippen LogP contribution in [0.15, 0.2) is 38.4 Å². The van der Waals surface area contributed by atoms with Gasteiger partial charge in [0.1, 0.15) is 10.0 Å². The van der Waals surface area contributed by atoms with Crippen molar-refractivity contribution in [2.45, 2.75) is 30.9 Å². The SMILES string of the molecule is Cc1cccc(NC(=O)C2CCCN(S(=O)(=O)c3cc(-c4noc(C)n4)cs3)C2)n1. The van der Waals surface area contributed by atoms with E-state index in [-0.39, 0.29) is 16.7 Å². The van der Waals surface area contributed by atoms with Gasteiger partial charge in [-0.15, -0.1) is 11.3 Å². The molecule has 1 aliphatic heterocycles. The van der Waals surface area contributed by atoms with Crippen LogP contribution in [0.5, 0.6) is 0 Å². The second-order valence-corrected chi connectivity index (χ2v) is 10.2. The van der Waals surface area contributed by atoms with E-state index in [9.17, 15) is 13.2 Å². The quantitative estimate of drug-likeness (QED) is 0.639. The summed E-state index contributed by atoms with van der Waals surface area (Å²) in [5.41, 5.74) is 1.39. The Morgan fingerprint density at radius 3 is 2.87 bits per heavy atom. The second-order valence-electron chi connectivity index (χ2n) is 7.15. The second kappa shape index (κ2) is 8.25. The highest BCUT2D eigenvalue weighted by Crippen LogP contribution is 2.31. The first-order chi connectivity index (χ1) is 14.3. The topological polar surface area (TPSA) is 118 Å². The average Bonchev–Trinajstić information content (AvgIpc) is 3.37. The fraction of sp³-hybridized carbons (Fsp3) is 0.368. The predicted molar refractivity (Wildman–Crippen MR) is 111 cm³/mol. The molecule has 11 heteroatoms. The standard InChI is InChI=1S/C19H21N5O4S2/c1-12-5-3-7-16(20-12)22-19(25)14-6-4-8-24(10-14)30(26,27)17-9-15(11-29-17)18-21-13(2)28-23-18/h3,5,7,9,11,14H,4,6,8,10H2,1-2H3,(H,20,22,25). The molecule has 0 aromatic carbocycles. The fourth-order valence-corrected chi connectivity index (χ4v) is 6.16. The molecule has 1 amide bonds. The number of pyridine rings is 1. The maximum absolute atomic E-state index is 13.1. The van der Waals surface area contributed by atoms with Crippen LogP contribution in [0.4, 0.5) is 5.82 Å². The number of hydrogen-bond acceptors (Lipinski definition) is 8. The number of nitrogens with zero attached hydrogens (tertiary/aromatic N) is 4.